The van der Waals surface area contributed by atoms with E-state index in [1.165, 1.54) is 19.2 Å². The van der Waals surface area contributed by atoms with Crippen molar-refractivity contribution in [2.45, 2.75) is 13.1 Å². The number of halogens is 3. The lowest BCUT2D eigenvalue weighted by molar-refractivity contribution is -0.881. The van der Waals surface area contributed by atoms with Crippen molar-refractivity contribution in [1.29, 1.82) is 0 Å². The number of methoxy groups -OCH3 is 1. The number of hydrogen-bond donors (Lipinski definition) is 3. The van der Waals surface area contributed by atoms with Gasteiger partial charge in [0.05, 0.1) is 24.9 Å². The summed E-state index contributed by atoms with van der Waals surface area (Å²) in [6, 6.07) is 11.2. The van der Waals surface area contributed by atoms with Crippen LogP contribution in [0.15, 0.2) is 48.5 Å². The molecule has 156 valence electrons. The average molecular weight is 410 g/mol. The second-order valence-corrected chi connectivity index (χ2v) is 6.33. The molecular weight excluding hydrogens is 387 g/mol. The van der Waals surface area contributed by atoms with Gasteiger partial charge in [-0.15, -0.1) is 0 Å². The van der Waals surface area contributed by atoms with Gasteiger partial charge in [0.25, 0.3) is 11.8 Å². The Labute approximate surface area is 166 Å². The van der Waals surface area contributed by atoms with Crippen molar-refractivity contribution in [1.82, 2.24) is 0 Å². The average Bonchev–Trinajstić information content (AvgIpc) is 2.67. The van der Waals surface area contributed by atoms with Crippen LogP contribution in [0.3, 0.4) is 0 Å². The maximum Gasteiger partial charge on any atom is 0.416 e. The number of carbonyl (C=O) groups excluding carboxylic acids is 2. The highest BCUT2D eigenvalue weighted by atomic mass is 19.4. The Balaban J connectivity index is 1.90. The minimum Gasteiger partial charge on any atom is -0.495 e. The van der Waals surface area contributed by atoms with E-state index < -0.39 is 17.6 Å². The van der Waals surface area contributed by atoms with Gasteiger partial charge in [0.1, 0.15) is 5.75 Å². The van der Waals surface area contributed by atoms with Crippen LogP contribution in [-0.2, 0) is 15.8 Å². The summed E-state index contributed by atoms with van der Waals surface area (Å²) in [7, 11) is 1.50. The highest BCUT2D eigenvalue weighted by Crippen LogP contribution is 2.29. The van der Waals surface area contributed by atoms with Crippen LogP contribution in [0.25, 0.3) is 0 Å². The molecule has 0 heterocycles. The number of amides is 2. The molecule has 2 aromatic carbocycles. The predicted octanol–water partition coefficient (Wildman–Crippen LogP) is 2.20. The van der Waals surface area contributed by atoms with Crippen LogP contribution in [0.1, 0.15) is 12.5 Å². The van der Waals surface area contributed by atoms with E-state index in [4.69, 9.17) is 4.74 Å². The Morgan fingerprint density at radius 3 is 2.10 bits per heavy atom. The van der Waals surface area contributed by atoms with Crippen molar-refractivity contribution in [2.24, 2.45) is 0 Å². The van der Waals surface area contributed by atoms with Crippen LogP contribution in [0.4, 0.5) is 24.5 Å². The topological polar surface area (TPSA) is 71.9 Å². The Bertz CT molecular complexity index is 839. The maximum absolute atomic E-state index is 12.6. The summed E-state index contributed by atoms with van der Waals surface area (Å²) >= 11 is 0. The van der Waals surface area contributed by atoms with E-state index in [1.54, 1.807) is 24.3 Å². The molecule has 0 aliphatic heterocycles. The normalized spacial score (nSPS) is 12.2. The molecule has 0 radical (unpaired) electrons. The van der Waals surface area contributed by atoms with Gasteiger partial charge < -0.3 is 20.3 Å². The second-order valence-electron chi connectivity index (χ2n) is 6.33. The zero-order valence-corrected chi connectivity index (χ0v) is 16.1. The number of hydrogen-bond acceptors (Lipinski definition) is 3. The third-order valence-electron chi connectivity index (χ3n) is 4.20. The monoisotopic (exact) mass is 410 g/mol. The van der Waals surface area contributed by atoms with Crippen molar-refractivity contribution in [3.63, 3.8) is 0 Å². The fraction of sp³-hybridized carbons (Fsp3) is 0.300. The molecule has 1 atom stereocenters. The number of nitrogens with one attached hydrogen (secondary N) is 3. The van der Waals surface area contributed by atoms with Crippen molar-refractivity contribution in [2.75, 3.05) is 37.4 Å². The summed E-state index contributed by atoms with van der Waals surface area (Å²) < 4.78 is 42.9. The van der Waals surface area contributed by atoms with E-state index in [0.717, 1.165) is 12.1 Å². The summed E-state index contributed by atoms with van der Waals surface area (Å²) in [6.07, 6.45) is -4.43. The van der Waals surface area contributed by atoms with Gasteiger partial charge in [0.2, 0.25) is 0 Å². The van der Waals surface area contributed by atoms with Gasteiger partial charge in [-0.05, 0) is 43.3 Å². The Morgan fingerprint density at radius 2 is 1.55 bits per heavy atom. The molecule has 9 heteroatoms. The van der Waals surface area contributed by atoms with Gasteiger partial charge in [-0.2, -0.15) is 13.2 Å². The lowest BCUT2D eigenvalue weighted by Gasteiger charge is -2.17. The van der Waals surface area contributed by atoms with E-state index in [-0.39, 0.29) is 24.7 Å². The SMILES string of the molecule is CC[NH+](CC(=O)Nc1ccc(C(F)(F)F)cc1)CC(=O)Nc1ccccc1OC. The minimum absolute atomic E-state index is 0.00311. The summed E-state index contributed by atoms with van der Waals surface area (Å²) in [5.41, 5.74) is 0.00547. The van der Waals surface area contributed by atoms with Crippen molar-refractivity contribution >= 4 is 23.2 Å². The predicted molar refractivity (Wildman–Crippen MR) is 103 cm³/mol. The van der Waals surface area contributed by atoms with Gasteiger partial charge in [-0.3, -0.25) is 9.59 Å². The zero-order chi connectivity index (χ0) is 21.4. The molecule has 0 saturated heterocycles. The summed E-state index contributed by atoms with van der Waals surface area (Å²) in [6.45, 7) is 2.39. The van der Waals surface area contributed by atoms with Gasteiger partial charge in [-0.1, -0.05) is 12.1 Å². The molecule has 1 unspecified atom stereocenters. The van der Waals surface area contributed by atoms with Crippen molar-refractivity contribution < 1.29 is 32.4 Å². The molecule has 0 aromatic heterocycles. The standard InChI is InChI=1S/C20H22F3N3O3/c1-3-26(13-19(28)25-16-6-4-5-7-17(16)29-2)12-18(27)24-15-10-8-14(9-11-15)20(21,22)23/h4-11H,3,12-13H2,1-2H3,(H,24,27)(H,25,28)/p+1. The van der Waals surface area contributed by atoms with Crippen LogP contribution in [0.5, 0.6) is 5.75 Å². The summed E-state index contributed by atoms with van der Waals surface area (Å²) in [5.74, 6) is -0.153. The number of anilines is 2. The number of benzene rings is 2. The number of alkyl halides is 3. The minimum atomic E-state index is -4.43. The first kappa shape index (κ1) is 22.2. The Hall–Kier alpha value is -3.07. The number of rotatable bonds is 8. The third-order valence-corrected chi connectivity index (χ3v) is 4.20. The molecule has 3 N–H and O–H groups in total. The highest BCUT2D eigenvalue weighted by molar-refractivity contribution is 5.94. The molecule has 0 aliphatic carbocycles. The molecule has 0 saturated carbocycles. The summed E-state index contributed by atoms with van der Waals surface area (Å²) in [5, 5.41) is 5.29. The van der Waals surface area contributed by atoms with E-state index >= 15 is 0 Å². The smallest absolute Gasteiger partial charge is 0.416 e. The summed E-state index contributed by atoms with van der Waals surface area (Å²) in [4.78, 5) is 25.2. The lowest BCUT2D eigenvalue weighted by atomic mass is 10.2. The first-order valence-electron chi connectivity index (χ1n) is 8.96. The van der Waals surface area contributed by atoms with Crippen LogP contribution in [-0.4, -0.2) is 38.6 Å². The van der Waals surface area contributed by atoms with E-state index in [0.29, 0.717) is 22.9 Å². The van der Waals surface area contributed by atoms with Gasteiger partial charge in [0, 0.05) is 5.69 Å². The Morgan fingerprint density at radius 1 is 0.966 bits per heavy atom. The number of quaternary nitrogens is 1. The number of carbonyl (C=O) groups is 2. The molecule has 29 heavy (non-hydrogen) atoms. The molecule has 2 aromatic rings. The second kappa shape index (κ2) is 9.92. The number of para-hydroxylation sites is 2. The quantitative estimate of drug-likeness (QED) is 0.625. The number of ether oxygens (including phenoxy) is 1. The highest BCUT2D eigenvalue weighted by Gasteiger charge is 2.30. The molecule has 2 rings (SSSR count). The molecule has 0 spiro atoms. The lowest BCUT2D eigenvalue weighted by Crippen LogP contribution is -3.13. The first-order valence-corrected chi connectivity index (χ1v) is 8.96. The molecular formula is C20H23F3N3O3+. The van der Waals surface area contributed by atoms with Crippen molar-refractivity contribution in [3.8, 4) is 5.75 Å². The fourth-order valence-electron chi connectivity index (χ4n) is 2.66. The maximum atomic E-state index is 12.6. The van der Waals surface area contributed by atoms with Crippen LogP contribution < -0.4 is 20.3 Å². The van der Waals surface area contributed by atoms with Gasteiger partial charge in [0.15, 0.2) is 13.1 Å². The Kier molecular flexibility index (Phi) is 7.60. The zero-order valence-electron chi connectivity index (χ0n) is 16.1. The molecule has 0 fully saturated rings. The molecule has 2 amide bonds. The number of likely N-dealkylation sites (N-methyl/N-ethyl adjacent to an activating group) is 1. The third kappa shape index (κ3) is 6.79. The van der Waals surface area contributed by atoms with Gasteiger partial charge in [-0.25, -0.2) is 0 Å². The molecule has 6 nitrogen and oxygen atoms in total. The van der Waals surface area contributed by atoms with Crippen LogP contribution >= 0.6 is 0 Å². The van der Waals surface area contributed by atoms with Crippen molar-refractivity contribution in [3.05, 3.63) is 54.1 Å². The fourth-order valence-corrected chi connectivity index (χ4v) is 2.66. The van der Waals surface area contributed by atoms with Crippen LogP contribution in [0, 0.1) is 0 Å². The molecule has 0 aliphatic rings. The van der Waals surface area contributed by atoms with E-state index in [9.17, 15) is 22.8 Å². The van der Waals surface area contributed by atoms with Gasteiger partial charge >= 0.3 is 6.18 Å². The van der Waals surface area contributed by atoms with E-state index in [2.05, 4.69) is 10.6 Å². The van der Waals surface area contributed by atoms with Crippen LogP contribution in [0.2, 0.25) is 0 Å². The molecule has 0 bridgehead atoms. The largest absolute Gasteiger partial charge is 0.495 e. The first-order chi connectivity index (χ1) is 13.7. The van der Waals surface area contributed by atoms with E-state index in [1.807, 2.05) is 6.92 Å².